The van der Waals surface area contributed by atoms with Gasteiger partial charge >= 0.3 is 0 Å². The molecule has 0 spiro atoms. The molecule has 0 aliphatic carbocycles. The van der Waals surface area contributed by atoms with E-state index in [9.17, 15) is 4.79 Å². The Morgan fingerprint density at radius 3 is 2.89 bits per heavy atom. The molecule has 1 amide bonds. The number of hydrogen-bond acceptors (Lipinski definition) is 2. The normalized spacial score (nSPS) is 10.4. The Morgan fingerprint density at radius 1 is 1.37 bits per heavy atom. The monoisotopic (exact) mass is 405 g/mol. The first-order valence-corrected chi connectivity index (χ1v) is 8.26. The van der Waals surface area contributed by atoms with Crippen molar-refractivity contribution in [2.24, 2.45) is 0 Å². The second-order valence-electron chi connectivity index (χ2n) is 4.11. The Balaban J connectivity index is 1.80. The summed E-state index contributed by atoms with van der Waals surface area (Å²) in [5.74, 6) is 0.0136. The first kappa shape index (κ1) is 14.8. The van der Waals surface area contributed by atoms with E-state index in [1.807, 2.05) is 24.3 Å². The number of amides is 1. The summed E-state index contributed by atoms with van der Waals surface area (Å²) >= 11 is 9.99. The first-order valence-electron chi connectivity index (χ1n) is 5.92. The summed E-state index contributed by atoms with van der Waals surface area (Å²) in [7, 11) is 0. The fourth-order valence-corrected chi connectivity index (χ4v) is 3.34. The Bertz CT molecular complexity index is 557. The van der Waals surface area contributed by atoms with Gasteiger partial charge in [-0.15, -0.1) is 11.3 Å². The van der Waals surface area contributed by atoms with Gasteiger partial charge in [0, 0.05) is 14.9 Å². The third kappa shape index (κ3) is 4.78. The molecule has 1 aromatic carbocycles. The average Bonchev–Trinajstić information content (AvgIpc) is 2.86. The van der Waals surface area contributed by atoms with Crippen LogP contribution in [0.4, 0.5) is 5.69 Å². The third-order valence-corrected chi connectivity index (χ3v) is 4.53. The highest BCUT2D eigenvalue weighted by Crippen LogP contribution is 2.24. The predicted octanol–water partition coefficient (Wildman–Crippen LogP) is 4.97. The van der Waals surface area contributed by atoms with Gasteiger partial charge in [0.1, 0.15) is 0 Å². The Labute approximate surface area is 135 Å². The molecule has 1 N–H and O–H groups in total. The molecule has 0 saturated carbocycles. The van der Waals surface area contributed by atoms with Crippen molar-refractivity contribution in [3.8, 4) is 0 Å². The van der Waals surface area contributed by atoms with Gasteiger partial charge in [-0.05, 0) is 65.1 Å². The number of benzene rings is 1. The molecular formula is C14H13ClINOS. The van der Waals surface area contributed by atoms with Gasteiger partial charge in [0.25, 0.3) is 0 Å². The molecule has 1 aromatic heterocycles. The van der Waals surface area contributed by atoms with Gasteiger partial charge in [-0.2, -0.15) is 0 Å². The second-order valence-corrected chi connectivity index (χ2v) is 6.79. The number of carbonyl (C=O) groups excluding carboxylic acids is 1. The van der Waals surface area contributed by atoms with Gasteiger partial charge < -0.3 is 5.32 Å². The predicted molar refractivity (Wildman–Crippen MR) is 90.1 cm³/mol. The number of anilines is 1. The van der Waals surface area contributed by atoms with Gasteiger partial charge in [-0.3, -0.25) is 4.79 Å². The lowest BCUT2D eigenvalue weighted by molar-refractivity contribution is -0.116. The quantitative estimate of drug-likeness (QED) is 0.699. The number of nitrogens with one attached hydrogen (secondary N) is 1. The van der Waals surface area contributed by atoms with E-state index in [1.165, 1.54) is 4.88 Å². The van der Waals surface area contributed by atoms with Crippen LogP contribution in [0.15, 0.2) is 35.7 Å². The number of aryl methyl sites for hydroxylation is 1. The highest BCUT2D eigenvalue weighted by molar-refractivity contribution is 14.1. The number of hydrogen-bond donors (Lipinski definition) is 1. The van der Waals surface area contributed by atoms with E-state index in [1.54, 1.807) is 11.3 Å². The molecule has 2 nitrogen and oxygen atoms in total. The fourth-order valence-electron chi connectivity index (χ4n) is 1.68. The molecule has 0 aliphatic rings. The molecule has 0 fully saturated rings. The highest BCUT2D eigenvalue weighted by atomic mass is 127. The molecule has 0 saturated heterocycles. The largest absolute Gasteiger partial charge is 0.325 e. The first-order chi connectivity index (χ1) is 9.15. The highest BCUT2D eigenvalue weighted by Gasteiger charge is 2.06. The zero-order valence-electron chi connectivity index (χ0n) is 10.2. The van der Waals surface area contributed by atoms with Crippen LogP contribution in [0.1, 0.15) is 17.7 Å². The zero-order chi connectivity index (χ0) is 13.7. The van der Waals surface area contributed by atoms with Crippen LogP contribution >= 0.6 is 45.5 Å². The van der Waals surface area contributed by atoms with Crippen LogP contribution in [-0.2, 0) is 11.2 Å². The molecule has 0 unspecified atom stereocenters. The van der Waals surface area contributed by atoms with Crippen molar-refractivity contribution in [3.63, 3.8) is 0 Å². The SMILES string of the molecule is O=C(CCCc1cccs1)Nc1ccc(I)cc1Cl. The molecule has 0 radical (unpaired) electrons. The Morgan fingerprint density at radius 2 is 2.21 bits per heavy atom. The van der Waals surface area contributed by atoms with Crippen LogP contribution in [0, 0.1) is 3.57 Å². The van der Waals surface area contributed by atoms with E-state index in [0.29, 0.717) is 17.1 Å². The number of halogens is 2. The maximum Gasteiger partial charge on any atom is 0.224 e. The van der Waals surface area contributed by atoms with Crippen molar-refractivity contribution < 1.29 is 4.79 Å². The summed E-state index contributed by atoms with van der Waals surface area (Å²) in [6.07, 6.45) is 2.32. The van der Waals surface area contributed by atoms with Gasteiger partial charge in [0.05, 0.1) is 10.7 Å². The minimum atomic E-state index is 0.0136. The van der Waals surface area contributed by atoms with Gasteiger partial charge in [-0.1, -0.05) is 17.7 Å². The van der Waals surface area contributed by atoms with Crippen molar-refractivity contribution >= 4 is 57.1 Å². The molecule has 0 bridgehead atoms. The van der Waals surface area contributed by atoms with E-state index < -0.39 is 0 Å². The zero-order valence-corrected chi connectivity index (χ0v) is 13.9. The maximum absolute atomic E-state index is 11.8. The Kier molecular flexibility index (Phi) is 5.66. The van der Waals surface area contributed by atoms with Crippen molar-refractivity contribution in [2.45, 2.75) is 19.3 Å². The van der Waals surface area contributed by atoms with Gasteiger partial charge in [0.2, 0.25) is 5.91 Å². The minimum Gasteiger partial charge on any atom is -0.325 e. The van der Waals surface area contributed by atoms with Crippen LogP contribution < -0.4 is 5.32 Å². The lowest BCUT2D eigenvalue weighted by Crippen LogP contribution is -2.11. The van der Waals surface area contributed by atoms with Crippen molar-refractivity contribution in [3.05, 3.63) is 49.2 Å². The van der Waals surface area contributed by atoms with Crippen molar-refractivity contribution in [2.75, 3.05) is 5.32 Å². The summed E-state index contributed by atoms with van der Waals surface area (Å²) in [5.41, 5.74) is 0.684. The van der Waals surface area contributed by atoms with Crippen LogP contribution in [0.2, 0.25) is 5.02 Å². The maximum atomic E-state index is 11.8. The number of rotatable bonds is 5. The summed E-state index contributed by atoms with van der Waals surface area (Å²) in [6, 6.07) is 9.72. The van der Waals surface area contributed by atoms with E-state index in [4.69, 9.17) is 11.6 Å². The molecule has 5 heteroatoms. The minimum absolute atomic E-state index is 0.0136. The molecule has 1 heterocycles. The van der Waals surface area contributed by atoms with Crippen LogP contribution in [0.5, 0.6) is 0 Å². The molecule has 19 heavy (non-hydrogen) atoms. The topological polar surface area (TPSA) is 29.1 Å². The molecule has 100 valence electrons. The van der Waals surface area contributed by atoms with E-state index in [-0.39, 0.29) is 5.91 Å². The van der Waals surface area contributed by atoms with Crippen LogP contribution in [-0.4, -0.2) is 5.91 Å². The van der Waals surface area contributed by atoms with Gasteiger partial charge in [0.15, 0.2) is 0 Å². The van der Waals surface area contributed by atoms with Crippen molar-refractivity contribution in [1.82, 2.24) is 0 Å². The molecule has 2 rings (SSSR count). The molecule has 0 atom stereocenters. The van der Waals surface area contributed by atoms with E-state index in [2.05, 4.69) is 39.4 Å². The molecule has 2 aromatic rings. The third-order valence-electron chi connectivity index (χ3n) is 2.61. The second kappa shape index (κ2) is 7.26. The summed E-state index contributed by atoms with van der Waals surface area (Å²) in [4.78, 5) is 13.1. The molecular weight excluding hydrogens is 393 g/mol. The van der Waals surface area contributed by atoms with Gasteiger partial charge in [-0.25, -0.2) is 0 Å². The van der Waals surface area contributed by atoms with Crippen molar-refractivity contribution in [1.29, 1.82) is 0 Å². The summed E-state index contributed by atoms with van der Waals surface area (Å²) < 4.78 is 1.05. The van der Waals surface area contributed by atoms with E-state index >= 15 is 0 Å². The summed E-state index contributed by atoms with van der Waals surface area (Å²) in [5, 5.41) is 5.48. The number of carbonyl (C=O) groups is 1. The standard InChI is InChI=1S/C14H13ClINOS/c15-12-9-10(16)6-7-13(12)17-14(18)5-1-3-11-4-2-8-19-11/h2,4,6-9H,1,3,5H2,(H,17,18). The lowest BCUT2D eigenvalue weighted by atomic mass is 10.2. The molecule has 0 aliphatic heterocycles. The average molecular weight is 406 g/mol. The van der Waals surface area contributed by atoms with Crippen LogP contribution in [0.3, 0.4) is 0 Å². The smallest absolute Gasteiger partial charge is 0.224 e. The van der Waals surface area contributed by atoms with E-state index in [0.717, 1.165) is 16.4 Å². The summed E-state index contributed by atoms with van der Waals surface area (Å²) in [6.45, 7) is 0. The number of thiophene rings is 1. The van der Waals surface area contributed by atoms with Crippen LogP contribution in [0.25, 0.3) is 0 Å². The Hall–Kier alpha value is -0.590. The fraction of sp³-hybridized carbons (Fsp3) is 0.214. The lowest BCUT2D eigenvalue weighted by Gasteiger charge is -2.07.